The normalized spacial score (nSPS) is 12.8. The summed E-state index contributed by atoms with van der Waals surface area (Å²) in [6.45, 7) is 5.74. The van der Waals surface area contributed by atoms with Crippen molar-refractivity contribution in [2.24, 2.45) is 0 Å². The molecule has 128 valence electrons. The SMILES string of the molecule is C=CCOC(OC)(OC)C(=O)c1cccn1[C@H](C)c1ccccc1. The Morgan fingerprint density at radius 2 is 1.88 bits per heavy atom. The molecule has 5 heteroatoms. The van der Waals surface area contributed by atoms with Gasteiger partial charge in [-0.05, 0) is 24.6 Å². The van der Waals surface area contributed by atoms with Gasteiger partial charge >= 0.3 is 5.97 Å². The van der Waals surface area contributed by atoms with E-state index in [1.54, 1.807) is 6.07 Å². The van der Waals surface area contributed by atoms with E-state index in [1.807, 2.05) is 54.1 Å². The molecule has 0 aliphatic carbocycles. The van der Waals surface area contributed by atoms with Crippen LogP contribution in [0.15, 0.2) is 61.3 Å². The standard InChI is InChI=1S/C19H23NO4/c1-5-14-24-19(22-3,23-4)18(21)17-12-9-13-20(17)15(2)16-10-7-6-8-11-16/h5-13,15H,1,14H2,2-4H3/t15-/m1/s1. The summed E-state index contributed by atoms with van der Waals surface area (Å²) in [5.74, 6) is -2.19. The highest BCUT2D eigenvalue weighted by Gasteiger charge is 2.43. The molecular weight excluding hydrogens is 306 g/mol. The lowest BCUT2D eigenvalue weighted by Gasteiger charge is -2.29. The van der Waals surface area contributed by atoms with Gasteiger partial charge in [0.1, 0.15) is 0 Å². The predicted molar refractivity (Wildman–Crippen MR) is 91.9 cm³/mol. The van der Waals surface area contributed by atoms with Gasteiger partial charge in [0, 0.05) is 20.4 Å². The van der Waals surface area contributed by atoms with E-state index in [-0.39, 0.29) is 12.6 Å². The van der Waals surface area contributed by atoms with Gasteiger partial charge in [0.05, 0.1) is 18.3 Å². The molecule has 0 amide bonds. The fraction of sp³-hybridized carbons (Fsp3) is 0.316. The summed E-state index contributed by atoms with van der Waals surface area (Å²) in [5, 5.41) is 0. The monoisotopic (exact) mass is 329 g/mol. The van der Waals surface area contributed by atoms with Crippen LogP contribution >= 0.6 is 0 Å². The summed E-state index contributed by atoms with van der Waals surface area (Å²) in [6.07, 6.45) is 3.39. The van der Waals surface area contributed by atoms with E-state index in [9.17, 15) is 4.79 Å². The average molecular weight is 329 g/mol. The Hall–Kier alpha value is -2.21. The Morgan fingerprint density at radius 3 is 2.46 bits per heavy atom. The second kappa shape index (κ2) is 8.06. The molecule has 1 aromatic heterocycles. The number of aromatic nitrogens is 1. The van der Waals surface area contributed by atoms with Gasteiger partial charge in [-0.1, -0.05) is 36.4 Å². The summed E-state index contributed by atoms with van der Waals surface area (Å²) < 4.78 is 17.9. The van der Waals surface area contributed by atoms with Crippen LogP contribution in [0.5, 0.6) is 0 Å². The fourth-order valence-electron chi connectivity index (χ4n) is 2.59. The number of carbonyl (C=O) groups excluding carboxylic acids is 1. The van der Waals surface area contributed by atoms with Crippen molar-refractivity contribution >= 4 is 5.78 Å². The highest BCUT2D eigenvalue weighted by molar-refractivity contribution is 5.99. The van der Waals surface area contributed by atoms with Crippen LogP contribution in [0.3, 0.4) is 0 Å². The molecule has 0 spiro atoms. The summed E-state index contributed by atoms with van der Waals surface area (Å²) in [5.41, 5.74) is 1.54. The van der Waals surface area contributed by atoms with Crippen LogP contribution in [0.2, 0.25) is 0 Å². The molecule has 0 saturated carbocycles. The second-order valence-corrected chi connectivity index (χ2v) is 5.28. The number of methoxy groups -OCH3 is 2. The molecule has 0 aliphatic heterocycles. The van der Waals surface area contributed by atoms with Gasteiger partial charge in [-0.3, -0.25) is 4.79 Å². The smallest absolute Gasteiger partial charge is 0.338 e. The van der Waals surface area contributed by atoms with Crippen LogP contribution in [0, 0.1) is 0 Å². The molecule has 1 heterocycles. The maximum atomic E-state index is 13.0. The second-order valence-electron chi connectivity index (χ2n) is 5.28. The predicted octanol–water partition coefficient (Wildman–Crippen LogP) is 3.43. The average Bonchev–Trinajstić information content (AvgIpc) is 3.12. The number of ketones is 1. The third-order valence-electron chi connectivity index (χ3n) is 3.92. The van der Waals surface area contributed by atoms with Crippen LogP contribution in [0.4, 0.5) is 0 Å². The highest BCUT2D eigenvalue weighted by Crippen LogP contribution is 2.25. The van der Waals surface area contributed by atoms with Crippen molar-refractivity contribution in [3.8, 4) is 0 Å². The van der Waals surface area contributed by atoms with Crippen molar-refractivity contribution < 1.29 is 19.0 Å². The highest BCUT2D eigenvalue weighted by atomic mass is 16.9. The first kappa shape index (κ1) is 18.1. The molecule has 0 radical (unpaired) electrons. The van der Waals surface area contributed by atoms with Crippen LogP contribution in [0.1, 0.15) is 29.0 Å². The number of nitrogens with zero attached hydrogens (tertiary/aromatic N) is 1. The molecule has 0 unspecified atom stereocenters. The molecule has 0 N–H and O–H groups in total. The summed E-state index contributed by atoms with van der Waals surface area (Å²) in [6, 6.07) is 13.5. The Labute approximate surface area is 142 Å². The number of ether oxygens (including phenoxy) is 3. The van der Waals surface area contributed by atoms with Crippen molar-refractivity contribution in [1.29, 1.82) is 0 Å². The van der Waals surface area contributed by atoms with E-state index >= 15 is 0 Å². The van der Waals surface area contributed by atoms with E-state index in [0.29, 0.717) is 5.69 Å². The van der Waals surface area contributed by atoms with E-state index in [2.05, 4.69) is 6.58 Å². The van der Waals surface area contributed by atoms with Gasteiger partial charge in [-0.2, -0.15) is 0 Å². The van der Waals surface area contributed by atoms with Gasteiger partial charge in [-0.15, -0.1) is 6.58 Å². The third-order valence-corrected chi connectivity index (χ3v) is 3.92. The van der Waals surface area contributed by atoms with Crippen molar-refractivity contribution in [2.75, 3.05) is 20.8 Å². The molecule has 0 fully saturated rings. The van der Waals surface area contributed by atoms with Crippen LogP contribution in [-0.4, -0.2) is 37.1 Å². The molecule has 2 rings (SSSR count). The lowest BCUT2D eigenvalue weighted by Crippen LogP contribution is -2.46. The zero-order valence-corrected chi connectivity index (χ0v) is 14.3. The number of carbonyl (C=O) groups is 1. The quantitative estimate of drug-likeness (QED) is 0.402. The Kier molecular flexibility index (Phi) is 6.09. The topological polar surface area (TPSA) is 49.7 Å². The minimum atomic E-state index is -1.79. The number of Topliss-reactive ketones (excluding diaryl/α,β-unsaturated/α-hetero) is 1. The first-order chi connectivity index (χ1) is 11.6. The third kappa shape index (κ3) is 3.48. The first-order valence-corrected chi connectivity index (χ1v) is 7.71. The van der Waals surface area contributed by atoms with E-state index in [1.165, 1.54) is 20.3 Å². The molecule has 1 aromatic carbocycles. The van der Waals surface area contributed by atoms with Crippen LogP contribution in [-0.2, 0) is 14.2 Å². The van der Waals surface area contributed by atoms with Gasteiger partial charge in [0.15, 0.2) is 0 Å². The Morgan fingerprint density at radius 1 is 1.21 bits per heavy atom. The molecule has 1 atom stereocenters. The van der Waals surface area contributed by atoms with Gasteiger partial charge in [-0.25, -0.2) is 0 Å². The summed E-state index contributed by atoms with van der Waals surface area (Å²) in [4.78, 5) is 13.0. The number of benzene rings is 1. The first-order valence-electron chi connectivity index (χ1n) is 7.71. The molecule has 2 aromatic rings. The zero-order valence-electron chi connectivity index (χ0n) is 14.3. The van der Waals surface area contributed by atoms with Gasteiger partial charge < -0.3 is 18.8 Å². The molecular formula is C19H23NO4. The van der Waals surface area contributed by atoms with Crippen LogP contribution in [0.25, 0.3) is 0 Å². The number of hydrogen-bond acceptors (Lipinski definition) is 4. The van der Waals surface area contributed by atoms with Crippen molar-refractivity contribution in [2.45, 2.75) is 18.9 Å². The Balaban J connectivity index is 2.37. The molecule has 5 nitrogen and oxygen atoms in total. The fourth-order valence-corrected chi connectivity index (χ4v) is 2.59. The van der Waals surface area contributed by atoms with E-state index in [4.69, 9.17) is 14.2 Å². The summed E-state index contributed by atoms with van der Waals surface area (Å²) in [7, 11) is 2.75. The lowest BCUT2D eigenvalue weighted by molar-refractivity contribution is -0.319. The molecule has 24 heavy (non-hydrogen) atoms. The van der Waals surface area contributed by atoms with E-state index in [0.717, 1.165) is 5.56 Å². The molecule has 0 saturated heterocycles. The van der Waals surface area contributed by atoms with Crippen molar-refractivity contribution in [3.05, 3.63) is 72.6 Å². The maximum Gasteiger partial charge on any atom is 0.352 e. The Bertz CT molecular complexity index is 674. The lowest BCUT2D eigenvalue weighted by atomic mass is 10.1. The van der Waals surface area contributed by atoms with Gasteiger partial charge in [0.25, 0.3) is 5.78 Å². The minimum absolute atomic E-state index is 0.0223. The van der Waals surface area contributed by atoms with E-state index < -0.39 is 11.8 Å². The summed E-state index contributed by atoms with van der Waals surface area (Å²) >= 11 is 0. The van der Waals surface area contributed by atoms with Crippen molar-refractivity contribution in [3.63, 3.8) is 0 Å². The molecule has 0 bridgehead atoms. The number of hydrogen-bond donors (Lipinski definition) is 0. The largest absolute Gasteiger partial charge is 0.352 e. The van der Waals surface area contributed by atoms with Gasteiger partial charge in [0.2, 0.25) is 0 Å². The van der Waals surface area contributed by atoms with Crippen LogP contribution < -0.4 is 0 Å². The number of rotatable bonds is 9. The molecule has 0 aliphatic rings. The maximum absolute atomic E-state index is 13.0. The zero-order chi connectivity index (χ0) is 17.6. The minimum Gasteiger partial charge on any atom is -0.338 e. The van der Waals surface area contributed by atoms with Crippen molar-refractivity contribution in [1.82, 2.24) is 4.57 Å².